The molecule has 1 radical (unpaired) electrons. The third kappa shape index (κ3) is 0.727. The van der Waals surface area contributed by atoms with E-state index in [0.717, 1.165) is 17.1 Å². The van der Waals surface area contributed by atoms with Gasteiger partial charge < -0.3 is 9.47 Å². The summed E-state index contributed by atoms with van der Waals surface area (Å²) in [5, 5.41) is 0. The Labute approximate surface area is 59.4 Å². The lowest BCUT2D eigenvalue weighted by Crippen LogP contribution is -1.92. The first kappa shape index (κ1) is 5.59. The van der Waals surface area contributed by atoms with Crippen LogP contribution < -0.4 is 9.47 Å². The van der Waals surface area contributed by atoms with E-state index in [1.807, 2.05) is 19.1 Å². The highest BCUT2D eigenvalue weighted by Gasteiger charge is 2.11. The number of benzene rings is 1. The maximum Gasteiger partial charge on any atom is 0.231 e. The first-order chi connectivity index (χ1) is 4.86. The number of rotatable bonds is 0. The topological polar surface area (TPSA) is 18.5 Å². The average Bonchev–Trinajstić information content (AvgIpc) is 2.33. The molecule has 2 nitrogen and oxygen atoms in total. The van der Waals surface area contributed by atoms with Crippen LogP contribution in [0.3, 0.4) is 0 Å². The van der Waals surface area contributed by atoms with Gasteiger partial charge in [0.05, 0.1) is 0 Å². The summed E-state index contributed by atoms with van der Waals surface area (Å²) in [6.07, 6.45) is 0. The summed E-state index contributed by atoms with van der Waals surface area (Å²) in [5.74, 6) is 1.53. The van der Waals surface area contributed by atoms with Crippen molar-refractivity contribution in [3.63, 3.8) is 0 Å². The smallest absolute Gasteiger partial charge is 0.231 e. The molecule has 0 N–H and O–H groups in total. The molecule has 0 atom stereocenters. The van der Waals surface area contributed by atoms with Crippen LogP contribution in [0.15, 0.2) is 12.1 Å². The van der Waals surface area contributed by atoms with E-state index in [1.165, 1.54) is 0 Å². The van der Waals surface area contributed by atoms with Gasteiger partial charge in [-0.25, -0.2) is 0 Å². The molecule has 0 saturated carbocycles. The molecule has 0 amide bonds. The van der Waals surface area contributed by atoms with Gasteiger partial charge in [-0.1, -0.05) is 0 Å². The zero-order valence-corrected chi connectivity index (χ0v) is 5.68. The van der Waals surface area contributed by atoms with E-state index >= 15 is 0 Å². The molecule has 1 aliphatic heterocycles. The van der Waals surface area contributed by atoms with Gasteiger partial charge >= 0.3 is 0 Å². The van der Waals surface area contributed by atoms with Crippen LogP contribution in [0.5, 0.6) is 11.5 Å². The second-order valence-electron chi connectivity index (χ2n) is 2.28. The number of ether oxygens (including phenoxy) is 2. The van der Waals surface area contributed by atoms with Crippen molar-refractivity contribution >= 4 is 0 Å². The summed E-state index contributed by atoms with van der Waals surface area (Å²) in [6.45, 7) is 2.33. The summed E-state index contributed by atoms with van der Waals surface area (Å²) in [6, 6.07) is 6.80. The molecule has 1 aromatic rings. The molecule has 0 bridgehead atoms. The highest BCUT2D eigenvalue weighted by atomic mass is 16.7. The summed E-state index contributed by atoms with van der Waals surface area (Å²) >= 11 is 0. The maximum atomic E-state index is 5.13. The second-order valence-corrected chi connectivity index (χ2v) is 2.28. The van der Waals surface area contributed by atoms with Crippen molar-refractivity contribution < 1.29 is 9.47 Å². The van der Waals surface area contributed by atoms with Crippen molar-refractivity contribution in [1.29, 1.82) is 0 Å². The molecule has 1 aromatic carbocycles. The minimum atomic E-state index is 0.329. The minimum Gasteiger partial charge on any atom is -0.454 e. The van der Waals surface area contributed by atoms with Crippen molar-refractivity contribution in [3.05, 3.63) is 23.8 Å². The fourth-order valence-corrected chi connectivity index (χ4v) is 0.936. The van der Waals surface area contributed by atoms with Gasteiger partial charge in [0.2, 0.25) is 6.79 Å². The van der Waals surface area contributed by atoms with Crippen molar-refractivity contribution in [2.75, 3.05) is 6.79 Å². The quantitative estimate of drug-likeness (QED) is 0.537. The van der Waals surface area contributed by atoms with Crippen LogP contribution in [-0.2, 0) is 0 Å². The monoisotopic (exact) mass is 135 g/mol. The van der Waals surface area contributed by atoms with E-state index in [9.17, 15) is 0 Å². The molecule has 1 aliphatic rings. The molecule has 0 unspecified atom stereocenters. The lowest BCUT2D eigenvalue weighted by molar-refractivity contribution is 0.173. The largest absolute Gasteiger partial charge is 0.454 e. The van der Waals surface area contributed by atoms with Gasteiger partial charge in [-0.3, -0.25) is 0 Å². The van der Waals surface area contributed by atoms with Crippen LogP contribution in [0, 0.1) is 13.0 Å². The molecule has 0 saturated heterocycles. The summed E-state index contributed by atoms with van der Waals surface area (Å²) < 4.78 is 10.2. The van der Waals surface area contributed by atoms with Gasteiger partial charge in [-0.2, -0.15) is 0 Å². The Kier molecular flexibility index (Phi) is 1.07. The molecule has 2 heteroatoms. The van der Waals surface area contributed by atoms with E-state index < -0.39 is 0 Å². The minimum absolute atomic E-state index is 0.329. The summed E-state index contributed by atoms with van der Waals surface area (Å²) in [5.41, 5.74) is 1.14. The predicted octanol–water partition coefficient (Wildman–Crippen LogP) is 1.52. The first-order valence-corrected chi connectivity index (χ1v) is 3.14. The van der Waals surface area contributed by atoms with E-state index in [2.05, 4.69) is 6.07 Å². The molecule has 51 valence electrons. The number of aryl methyl sites for hydroxylation is 1. The number of hydrogen-bond donors (Lipinski definition) is 0. The van der Waals surface area contributed by atoms with Crippen LogP contribution in [-0.4, -0.2) is 6.79 Å². The van der Waals surface area contributed by atoms with Crippen molar-refractivity contribution in [3.8, 4) is 11.5 Å². The van der Waals surface area contributed by atoms with E-state index in [4.69, 9.17) is 9.47 Å². The van der Waals surface area contributed by atoms with Crippen LogP contribution in [0.1, 0.15) is 5.56 Å². The Balaban J connectivity index is 2.52. The van der Waals surface area contributed by atoms with Gasteiger partial charge in [0.15, 0.2) is 11.5 Å². The van der Waals surface area contributed by atoms with Gasteiger partial charge in [0.1, 0.15) is 0 Å². The third-order valence-corrected chi connectivity index (χ3v) is 1.43. The Morgan fingerprint density at radius 2 is 2.40 bits per heavy atom. The van der Waals surface area contributed by atoms with Crippen LogP contribution in [0.4, 0.5) is 0 Å². The number of fused-ring (bicyclic) bond motifs is 1. The molecule has 0 fully saturated rings. The van der Waals surface area contributed by atoms with Crippen LogP contribution >= 0.6 is 0 Å². The highest BCUT2D eigenvalue weighted by molar-refractivity contribution is 5.42. The molecule has 10 heavy (non-hydrogen) atoms. The second kappa shape index (κ2) is 1.90. The molecule has 0 aromatic heterocycles. The normalized spacial score (nSPS) is 13.7. The lowest BCUT2D eigenvalue weighted by Gasteiger charge is -1.94. The Morgan fingerprint density at radius 1 is 1.50 bits per heavy atom. The zero-order chi connectivity index (χ0) is 6.97. The standard InChI is InChI=1S/C8H7O2/c1-6-2-3-7-8(4-6)10-5-9-7/h2,4H,5H2,1H3. The van der Waals surface area contributed by atoms with E-state index in [1.54, 1.807) is 0 Å². The fourth-order valence-electron chi connectivity index (χ4n) is 0.936. The Bertz CT molecular complexity index is 255. The van der Waals surface area contributed by atoms with Gasteiger partial charge in [0.25, 0.3) is 0 Å². The van der Waals surface area contributed by atoms with Crippen LogP contribution in [0.25, 0.3) is 0 Å². The Morgan fingerprint density at radius 3 is 3.30 bits per heavy atom. The summed E-state index contributed by atoms with van der Waals surface area (Å²) in [7, 11) is 0. The molecule has 2 rings (SSSR count). The van der Waals surface area contributed by atoms with Gasteiger partial charge in [0, 0.05) is 6.07 Å². The average molecular weight is 135 g/mol. The number of hydrogen-bond acceptors (Lipinski definition) is 2. The Hall–Kier alpha value is -1.18. The van der Waals surface area contributed by atoms with Crippen molar-refractivity contribution in [2.24, 2.45) is 0 Å². The first-order valence-electron chi connectivity index (χ1n) is 3.14. The molecular formula is C8H7O2. The van der Waals surface area contributed by atoms with Crippen LogP contribution in [0.2, 0.25) is 0 Å². The summed E-state index contributed by atoms with van der Waals surface area (Å²) in [4.78, 5) is 0. The van der Waals surface area contributed by atoms with Gasteiger partial charge in [-0.05, 0) is 24.6 Å². The molecular weight excluding hydrogens is 128 g/mol. The van der Waals surface area contributed by atoms with E-state index in [0.29, 0.717) is 6.79 Å². The highest BCUT2D eigenvalue weighted by Crippen LogP contribution is 2.31. The molecule has 1 heterocycles. The van der Waals surface area contributed by atoms with Crippen molar-refractivity contribution in [2.45, 2.75) is 6.92 Å². The zero-order valence-electron chi connectivity index (χ0n) is 5.68. The SMILES string of the molecule is Cc1c[c]c2c(c1)OCO2. The van der Waals surface area contributed by atoms with E-state index in [-0.39, 0.29) is 0 Å². The molecule has 0 aliphatic carbocycles. The lowest BCUT2D eigenvalue weighted by atomic mass is 10.2. The van der Waals surface area contributed by atoms with Crippen molar-refractivity contribution in [1.82, 2.24) is 0 Å². The predicted molar refractivity (Wildman–Crippen MR) is 36.1 cm³/mol. The molecule has 0 spiro atoms. The fraction of sp³-hybridized carbons (Fsp3) is 0.250. The third-order valence-electron chi connectivity index (χ3n) is 1.43. The van der Waals surface area contributed by atoms with Gasteiger partial charge in [-0.15, -0.1) is 0 Å². The maximum absolute atomic E-state index is 5.13.